The van der Waals surface area contributed by atoms with Gasteiger partial charge in [-0.25, -0.2) is 13.2 Å². The summed E-state index contributed by atoms with van der Waals surface area (Å²) in [5.74, 6) is -0.750. The normalized spacial score (nSPS) is 24.7. The van der Waals surface area contributed by atoms with Crippen LogP contribution in [0.2, 0.25) is 0 Å². The molecule has 0 spiro atoms. The van der Waals surface area contributed by atoms with Crippen LogP contribution in [0.4, 0.5) is 13.2 Å². The third kappa shape index (κ3) is 5.47. The SMILES string of the molecule is C=CCOc1ccc2cc([C@@H]3CC[C@@H]4CC(CCCCCCC)CCC4C3)c(F)c(F)c2c1F. The molecule has 2 unspecified atom stereocenters. The summed E-state index contributed by atoms with van der Waals surface area (Å²) in [6.07, 6.45) is 16.2. The molecule has 0 heterocycles. The molecule has 0 saturated heterocycles. The molecule has 2 saturated carbocycles. The van der Waals surface area contributed by atoms with E-state index in [4.69, 9.17) is 4.74 Å². The van der Waals surface area contributed by atoms with Crippen molar-refractivity contribution >= 4 is 10.8 Å². The molecule has 34 heavy (non-hydrogen) atoms. The highest BCUT2D eigenvalue weighted by Gasteiger charge is 2.37. The second-order valence-corrected chi connectivity index (χ2v) is 10.6. The lowest BCUT2D eigenvalue weighted by molar-refractivity contribution is 0.112. The Balaban J connectivity index is 1.43. The molecular formula is C30H39F3O. The van der Waals surface area contributed by atoms with Crippen molar-refractivity contribution in [2.24, 2.45) is 17.8 Å². The largest absolute Gasteiger partial charge is 0.486 e. The van der Waals surface area contributed by atoms with Crippen molar-refractivity contribution in [1.29, 1.82) is 0 Å². The molecule has 2 aromatic rings. The van der Waals surface area contributed by atoms with Crippen LogP contribution in [-0.4, -0.2) is 6.61 Å². The van der Waals surface area contributed by atoms with Crippen molar-refractivity contribution in [2.45, 2.75) is 89.9 Å². The van der Waals surface area contributed by atoms with Gasteiger partial charge in [0.05, 0.1) is 5.39 Å². The highest BCUT2D eigenvalue weighted by atomic mass is 19.2. The highest BCUT2D eigenvalue weighted by Crippen LogP contribution is 2.49. The quantitative estimate of drug-likeness (QED) is 0.247. The van der Waals surface area contributed by atoms with Crippen LogP contribution in [0.3, 0.4) is 0 Å². The molecule has 2 aliphatic rings. The first kappa shape index (κ1) is 25.1. The second-order valence-electron chi connectivity index (χ2n) is 10.6. The van der Waals surface area contributed by atoms with Crippen molar-refractivity contribution in [1.82, 2.24) is 0 Å². The molecule has 2 aliphatic carbocycles. The second kappa shape index (κ2) is 11.6. The summed E-state index contributed by atoms with van der Waals surface area (Å²) in [4.78, 5) is 0. The van der Waals surface area contributed by atoms with Gasteiger partial charge in [0.25, 0.3) is 0 Å². The summed E-state index contributed by atoms with van der Waals surface area (Å²) < 4.78 is 50.4. The summed E-state index contributed by atoms with van der Waals surface area (Å²) in [5, 5.41) is 0.0715. The Morgan fingerprint density at radius 2 is 1.68 bits per heavy atom. The van der Waals surface area contributed by atoms with Gasteiger partial charge in [0.15, 0.2) is 23.2 Å². The van der Waals surface area contributed by atoms with E-state index in [1.165, 1.54) is 69.9 Å². The molecule has 4 heteroatoms. The average Bonchev–Trinajstić information content (AvgIpc) is 2.85. The highest BCUT2D eigenvalue weighted by molar-refractivity contribution is 5.86. The van der Waals surface area contributed by atoms with Crippen LogP contribution < -0.4 is 4.74 Å². The van der Waals surface area contributed by atoms with E-state index in [1.54, 1.807) is 12.1 Å². The minimum Gasteiger partial charge on any atom is -0.486 e. The average molecular weight is 473 g/mol. The van der Waals surface area contributed by atoms with Crippen LogP contribution in [-0.2, 0) is 0 Å². The number of fused-ring (bicyclic) bond motifs is 2. The van der Waals surface area contributed by atoms with Gasteiger partial charge in [0.2, 0.25) is 0 Å². The number of benzene rings is 2. The Hall–Kier alpha value is -1.97. The minimum atomic E-state index is -1.09. The number of rotatable bonds is 10. The van der Waals surface area contributed by atoms with E-state index < -0.39 is 17.5 Å². The summed E-state index contributed by atoms with van der Waals surface area (Å²) in [6, 6.07) is 4.78. The van der Waals surface area contributed by atoms with Gasteiger partial charge < -0.3 is 4.74 Å². The van der Waals surface area contributed by atoms with Crippen LogP contribution in [0.15, 0.2) is 30.9 Å². The molecule has 1 nitrogen and oxygen atoms in total. The van der Waals surface area contributed by atoms with Gasteiger partial charge in [-0.3, -0.25) is 0 Å². The Morgan fingerprint density at radius 1 is 0.912 bits per heavy atom. The molecule has 0 radical (unpaired) electrons. The maximum Gasteiger partial charge on any atom is 0.175 e. The lowest BCUT2D eigenvalue weighted by Crippen LogP contribution is -2.30. The first-order chi connectivity index (χ1) is 16.5. The number of halogens is 3. The van der Waals surface area contributed by atoms with E-state index >= 15 is 8.78 Å². The predicted molar refractivity (Wildman–Crippen MR) is 134 cm³/mol. The van der Waals surface area contributed by atoms with E-state index in [0.29, 0.717) is 16.9 Å². The van der Waals surface area contributed by atoms with Crippen LogP contribution in [0.1, 0.15) is 95.5 Å². The fourth-order valence-electron chi connectivity index (χ4n) is 6.51. The van der Waals surface area contributed by atoms with Crippen molar-refractivity contribution < 1.29 is 17.9 Å². The third-order valence-electron chi connectivity index (χ3n) is 8.35. The van der Waals surface area contributed by atoms with Crippen molar-refractivity contribution in [3.63, 3.8) is 0 Å². The van der Waals surface area contributed by atoms with Gasteiger partial charge in [-0.1, -0.05) is 70.6 Å². The Labute approximate surface area is 202 Å². The Kier molecular flexibility index (Phi) is 8.60. The maximum atomic E-state index is 15.2. The number of hydrogen-bond donors (Lipinski definition) is 0. The number of hydrogen-bond acceptors (Lipinski definition) is 1. The lowest BCUT2D eigenvalue weighted by Gasteiger charge is -2.42. The van der Waals surface area contributed by atoms with Gasteiger partial charge in [0, 0.05) is 0 Å². The van der Waals surface area contributed by atoms with E-state index in [1.807, 2.05) is 0 Å². The first-order valence-corrected chi connectivity index (χ1v) is 13.4. The monoisotopic (exact) mass is 472 g/mol. The molecule has 2 aromatic carbocycles. The van der Waals surface area contributed by atoms with E-state index in [0.717, 1.165) is 31.1 Å². The van der Waals surface area contributed by atoms with Crippen LogP contribution in [0.5, 0.6) is 5.75 Å². The van der Waals surface area contributed by atoms with Gasteiger partial charge in [-0.15, -0.1) is 0 Å². The fraction of sp³-hybridized carbons (Fsp3) is 0.600. The fourth-order valence-corrected chi connectivity index (χ4v) is 6.51. The van der Waals surface area contributed by atoms with Crippen molar-refractivity contribution in [3.8, 4) is 5.75 Å². The molecule has 4 atom stereocenters. The van der Waals surface area contributed by atoms with E-state index in [9.17, 15) is 4.39 Å². The summed E-state index contributed by atoms with van der Waals surface area (Å²) in [7, 11) is 0. The molecule has 0 aliphatic heterocycles. The van der Waals surface area contributed by atoms with Gasteiger partial charge in [-0.05, 0) is 78.9 Å². The van der Waals surface area contributed by atoms with Gasteiger partial charge >= 0.3 is 0 Å². The molecule has 2 fully saturated rings. The summed E-state index contributed by atoms with van der Waals surface area (Å²) in [5.41, 5.74) is 0.417. The summed E-state index contributed by atoms with van der Waals surface area (Å²) in [6.45, 7) is 5.90. The molecule has 0 amide bonds. The maximum absolute atomic E-state index is 15.2. The number of ether oxygens (including phenoxy) is 1. The van der Waals surface area contributed by atoms with E-state index in [-0.39, 0.29) is 23.7 Å². The first-order valence-electron chi connectivity index (χ1n) is 13.4. The lowest BCUT2D eigenvalue weighted by atomic mass is 9.63. The number of unbranched alkanes of at least 4 members (excludes halogenated alkanes) is 4. The molecule has 4 rings (SSSR count). The minimum absolute atomic E-state index is 0.00509. The van der Waals surface area contributed by atoms with Crippen LogP contribution in [0, 0.1) is 35.2 Å². The van der Waals surface area contributed by atoms with Crippen molar-refractivity contribution in [2.75, 3.05) is 6.61 Å². The van der Waals surface area contributed by atoms with Crippen LogP contribution in [0.25, 0.3) is 10.8 Å². The van der Waals surface area contributed by atoms with E-state index in [2.05, 4.69) is 13.5 Å². The predicted octanol–water partition coefficient (Wildman–Crippen LogP) is 9.48. The topological polar surface area (TPSA) is 9.23 Å². The smallest absolute Gasteiger partial charge is 0.175 e. The molecular weight excluding hydrogens is 433 g/mol. The Bertz CT molecular complexity index is 985. The van der Waals surface area contributed by atoms with Crippen molar-refractivity contribution in [3.05, 3.63) is 53.9 Å². The molecule has 0 bridgehead atoms. The standard InChI is InChI=1S/C30H39F3O/c1-3-5-6-7-8-9-20-10-11-22-18-23(13-12-21(22)17-20)25-19-24-14-15-26(34-16-4-2)29(32)27(24)30(33)28(25)31/h4,14-15,19-23H,2-3,5-13,16-18H2,1H3/t20?,21-,22?,23-/m1/s1. The zero-order valence-electron chi connectivity index (χ0n) is 20.6. The third-order valence-corrected chi connectivity index (χ3v) is 8.35. The zero-order chi connectivity index (χ0) is 24.1. The van der Waals surface area contributed by atoms with Gasteiger partial charge in [0.1, 0.15) is 6.61 Å². The van der Waals surface area contributed by atoms with Gasteiger partial charge in [-0.2, -0.15) is 0 Å². The zero-order valence-corrected chi connectivity index (χ0v) is 20.6. The molecule has 0 N–H and O–H groups in total. The molecule has 186 valence electrons. The molecule has 0 aromatic heterocycles. The summed E-state index contributed by atoms with van der Waals surface area (Å²) >= 11 is 0. The van der Waals surface area contributed by atoms with Crippen LogP contribution >= 0.6 is 0 Å². The Morgan fingerprint density at radius 3 is 2.47 bits per heavy atom.